The van der Waals surface area contributed by atoms with Crippen LogP contribution in [0.4, 0.5) is 5.69 Å². The van der Waals surface area contributed by atoms with Crippen molar-refractivity contribution >= 4 is 22.5 Å². The molecular formula is C16H23AsN2O. The van der Waals surface area contributed by atoms with Crippen molar-refractivity contribution < 1.29 is 4.74 Å². The second kappa shape index (κ2) is 5.99. The molecule has 1 aromatic rings. The molecule has 0 N–H and O–H groups in total. The van der Waals surface area contributed by atoms with E-state index in [-0.39, 0.29) is 0 Å². The van der Waals surface area contributed by atoms with Crippen molar-refractivity contribution in [1.82, 2.24) is 4.90 Å². The van der Waals surface area contributed by atoms with Gasteiger partial charge in [0.25, 0.3) is 0 Å². The molecule has 2 radical (unpaired) electrons. The van der Waals surface area contributed by atoms with E-state index in [0.717, 1.165) is 43.1 Å². The second-order valence-corrected chi connectivity index (χ2v) is 7.46. The zero-order valence-corrected chi connectivity index (χ0v) is 14.3. The zero-order chi connectivity index (χ0) is 14.1. The summed E-state index contributed by atoms with van der Waals surface area (Å²) in [7, 11) is 4.00. The Bertz CT molecular complexity index is 484. The van der Waals surface area contributed by atoms with Crippen LogP contribution in [0.5, 0.6) is 5.75 Å². The fraction of sp³-hybridized carbons (Fsp3) is 0.625. The fourth-order valence-corrected chi connectivity index (χ4v) is 4.00. The van der Waals surface area contributed by atoms with E-state index in [1.807, 2.05) is 0 Å². The van der Waals surface area contributed by atoms with Crippen LogP contribution in [0.25, 0.3) is 0 Å². The van der Waals surface area contributed by atoms with E-state index in [2.05, 4.69) is 45.8 Å². The molecule has 1 atom stereocenters. The quantitative estimate of drug-likeness (QED) is 0.769. The molecule has 108 valence electrons. The standard InChI is InChI=1S/C16H23AsN2O/c1-18-7-9-19(10-8-18)15-5-6-16(20-2)13-4-3-12(17)11-14(13)15/h5-6,12H,3-4,7-11H2,1-2H3/t12-/m1/s1. The van der Waals surface area contributed by atoms with Gasteiger partial charge in [0, 0.05) is 0 Å². The van der Waals surface area contributed by atoms with Gasteiger partial charge in [-0.25, -0.2) is 0 Å². The predicted molar refractivity (Wildman–Crippen MR) is 84.2 cm³/mol. The first-order valence-electron chi connectivity index (χ1n) is 7.49. The van der Waals surface area contributed by atoms with E-state index >= 15 is 0 Å². The SMILES string of the molecule is COc1ccc(N2CCN(C)CC2)c2c1CC[C@@H]([As])C2. The number of fused-ring (bicyclic) bond motifs is 1. The minimum atomic E-state index is 0.730. The van der Waals surface area contributed by atoms with E-state index in [9.17, 15) is 0 Å². The molecule has 1 aromatic carbocycles. The van der Waals surface area contributed by atoms with Gasteiger partial charge < -0.3 is 0 Å². The molecule has 4 heteroatoms. The van der Waals surface area contributed by atoms with E-state index in [4.69, 9.17) is 4.74 Å². The van der Waals surface area contributed by atoms with Gasteiger partial charge in [0.05, 0.1) is 0 Å². The Hall–Kier alpha value is -0.662. The number of anilines is 1. The Morgan fingerprint density at radius 1 is 1.15 bits per heavy atom. The number of hydrogen-bond donors (Lipinski definition) is 0. The summed E-state index contributed by atoms with van der Waals surface area (Å²) in [5.41, 5.74) is 4.43. The fourth-order valence-electron chi connectivity index (χ4n) is 3.34. The number of piperazine rings is 1. The van der Waals surface area contributed by atoms with Gasteiger partial charge in [-0.05, 0) is 0 Å². The molecule has 3 rings (SSSR count). The predicted octanol–water partition coefficient (Wildman–Crippen LogP) is 1.89. The third kappa shape index (κ3) is 2.71. The zero-order valence-electron chi connectivity index (χ0n) is 12.4. The van der Waals surface area contributed by atoms with Gasteiger partial charge in [0.15, 0.2) is 0 Å². The second-order valence-electron chi connectivity index (χ2n) is 5.93. The number of rotatable bonds is 2. The van der Waals surface area contributed by atoms with Crippen molar-refractivity contribution in [2.75, 3.05) is 45.2 Å². The average molecular weight is 334 g/mol. The molecule has 1 heterocycles. The summed E-state index contributed by atoms with van der Waals surface area (Å²) < 4.78 is 6.31. The minimum absolute atomic E-state index is 0.730. The van der Waals surface area contributed by atoms with E-state index in [1.54, 1.807) is 7.11 Å². The topological polar surface area (TPSA) is 15.7 Å². The molecule has 1 aliphatic carbocycles. The summed E-state index contributed by atoms with van der Waals surface area (Å²) in [5, 5.41) is 0. The number of hydrogen-bond acceptors (Lipinski definition) is 3. The molecule has 3 nitrogen and oxygen atoms in total. The van der Waals surface area contributed by atoms with Crippen molar-refractivity contribution in [2.45, 2.75) is 24.0 Å². The number of nitrogens with zero attached hydrogens (tertiary/aromatic N) is 2. The first-order valence-corrected chi connectivity index (χ1v) is 8.57. The van der Waals surface area contributed by atoms with Crippen LogP contribution >= 0.6 is 0 Å². The van der Waals surface area contributed by atoms with Gasteiger partial charge in [-0.15, -0.1) is 0 Å². The van der Waals surface area contributed by atoms with Crippen LogP contribution in [0, 0.1) is 0 Å². The summed E-state index contributed by atoms with van der Waals surface area (Å²) in [4.78, 5) is 4.97. The Morgan fingerprint density at radius 3 is 2.60 bits per heavy atom. The summed E-state index contributed by atoms with van der Waals surface area (Å²) in [6, 6.07) is 4.44. The van der Waals surface area contributed by atoms with Crippen LogP contribution in [-0.2, 0) is 12.8 Å². The number of methoxy groups -OCH3 is 1. The van der Waals surface area contributed by atoms with Crippen LogP contribution in [0.3, 0.4) is 0 Å². The molecular weight excluding hydrogens is 311 g/mol. The Morgan fingerprint density at radius 2 is 1.90 bits per heavy atom. The number of benzene rings is 1. The maximum atomic E-state index is 5.58. The average Bonchev–Trinajstić information content (AvgIpc) is 2.47. The molecule has 0 amide bonds. The summed E-state index contributed by atoms with van der Waals surface area (Å²) in [5.74, 6) is 1.08. The first kappa shape index (κ1) is 14.3. The van der Waals surface area contributed by atoms with Gasteiger partial charge in [-0.1, -0.05) is 0 Å². The molecule has 1 saturated heterocycles. The van der Waals surface area contributed by atoms with Crippen LogP contribution in [0.1, 0.15) is 17.5 Å². The molecule has 0 unspecified atom stereocenters. The third-order valence-corrected chi connectivity index (χ3v) is 5.52. The molecule has 0 aromatic heterocycles. The van der Waals surface area contributed by atoms with Gasteiger partial charge >= 0.3 is 130 Å². The molecule has 20 heavy (non-hydrogen) atoms. The van der Waals surface area contributed by atoms with Crippen molar-refractivity contribution in [3.8, 4) is 5.75 Å². The van der Waals surface area contributed by atoms with Crippen molar-refractivity contribution in [1.29, 1.82) is 0 Å². The van der Waals surface area contributed by atoms with Gasteiger partial charge in [0.2, 0.25) is 0 Å². The van der Waals surface area contributed by atoms with Gasteiger partial charge in [-0.3, -0.25) is 0 Å². The summed E-state index contributed by atoms with van der Waals surface area (Å²) >= 11 is 2.85. The van der Waals surface area contributed by atoms with Crippen LogP contribution in [-0.4, -0.2) is 62.1 Å². The van der Waals surface area contributed by atoms with E-state index in [1.165, 1.54) is 29.7 Å². The number of ether oxygens (including phenoxy) is 1. The summed E-state index contributed by atoms with van der Waals surface area (Å²) in [6.45, 7) is 4.59. The van der Waals surface area contributed by atoms with E-state index < -0.39 is 0 Å². The van der Waals surface area contributed by atoms with Crippen molar-refractivity contribution in [3.05, 3.63) is 23.3 Å². The first-order chi connectivity index (χ1) is 9.69. The van der Waals surface area contributed by atoms with Gasteiger partial charge in [0.1, 0.15) is 0 Å². The maximum absolute atomic E-state index is 5.58. The normalized spacial score (nSPS) is 23.6. The van der Waals surface area contributed by atoms with Crippen LogP contribution in [0.2, 0.25) is 4.71 Å². The van der Waals surface area contributed by atoms with Crippen LogP contribution in [0.15, 0.2) is 12.1 Å². The molecule has 1 fully saturated rings. The third-order valence-electron chi connectivity index (χ3n) is 4.59. The molecule has 2 aliphatic rings. The molecule has 0 saturated carbocycles. The molecule has 0 spiro atoms. The summed E-state index contributed by atoms with van der Waals surface area (Å²) in [6.07, 6.45) is 3.59. The number of likely N-dealkylation sites (N-methyl/N-ethyl adjacent to an activating group) is 1. The Kier molecular flexibility index (Phi) is 4.28. The monoisotopic (exact) mass is 334 g/mol. The van der Waals surface area contributed by atoms with Crippen LogP contribution < -0.4 is 9.64 Å². The van der Waals surface area contributed by atoms with Gasteiger partial charge in [-0.2, -0.15) is 0 Å². The Labute approximate surface area is 130 Å². The van der Waals surface area contributed by atoms with Crippen molar-refractivity contribution in [3.63, 3.8) is 0 Å². The molecule has 1 aliphatic heterocycles. The Balaban J connectivity index is 1.95. The van der Waals surface area contributed by atoms with E-state index in [0.29, 0.717) is 0 Å². The van der Waals surface area contributed by atoms with Crippen molar-refractivity contribution in [2.24, 2.45) is 0 Å². The molecule has 0 bridgehead atoms.